The molecule has 0 aliphatic carbocycles. The summed E-state index contributed by atoms with van der Waals surface area (Å²) in [6.07, 6.45) is 5.39. The minimum Gasteiger partial charge on any atom is -0.471 e. The Labute approximate surface area is 108 Å². The molecule has 2 rings (SSSR count). The van der Waals surface area contributed by atoms with Crippen LogP contribution in [0.1, 0.15) is 5.69 Å². The van der Waals surface area contributed by atoms with Gasteiger partial charge in [0.2, 0.25) is 5.90 Å². The maximum atomic E-state index is 11.5. The number of amides is 2. The highest BCUT2D eigenvalue weighted by atomic mass is 16.5. The molecule has 2 amide bonds. The Morgan fingerprint density at radius 2 is 2.32 bits per heavy atom. The number of hydrogen-bond donors (Lipinski definition) is 5. The number of hydrazine groups is 3. The summed E-state index contributed by atoms with van der Waals surface area (Å²) in [4.78, 5) is 19.6. The highest BCUT2D eigenvalue weighted by Gasteiger charge is 2.25. The normalized spacial score (nSPS) is 14.7. The first-order chi connectivity index (χ1) is 9.22. The Balaban J connectivity index is 2.12. The van der Waals surface area contributed by atoms with Crippen molar-refractivity contribution < 1.29 is 9.53 Å². The van der Waals surface area contributed by atoms with Crippen molar-refractivity contribution in [3.63, 3.8) is 0 Å². The van der Waals surface area contributed by atoms with Gasteiger partial charge in [0.25, 0.3) is 0 Å². The van der Waals surface area contributed by atoms with E-state index in [1.54, 1.807) is 0 Å². The molecule has 0 spiro atoms. The summed E-state index contributed by atoms with van der Waals surface area (Å²) in [7, 11) is 0. The molecular formula is C9H12N8O2. The minimum absolute atomic E-state index is 0.0161. The fourth-order valence-electron chi connectivity index (χ4n) is 1.32. The first-order valence-electron chi connectivity index (χ1n) is 5.22. The molecule has 0 saturated carbocycles. The van der Waals surface area contributed by atoms with Crippen LogP contribution < -0.4 is 27.2 Å². The topological polar surface area (TPSA) is 141 Å². The fourth-order valence-corrected chi connectivity index (χ4v) is 1.32. The maximum absolute atomic E-state index is 11.5. The van der Waals surface area contributed by atoms with E-state index in [9.17, 15) is 4.79 Å². The summed E-state index contributed by atoms with van der Waals surface area (Å²) < 4.78 is 5.11. The van der Waals surface area contributed by atoms with Crippen molar-refractivity contribution in [2.75, 3.05) is 5.01 Å². The number of rotatable bonds is 4. The van der Waals surface area contributed by atoms with Crippen molar-refractivity contribution in [3.8, 4) is 0 Å². The third-order valence-corrected chi connectivity index (χ3v) is 2.12. The smallest absolute Gasteiger partial charge is 0.354 e. The molecule has 6 N–H and O–H groups in total. The number of ether oxygens (including phenoxy) is 1. The number of nitrogens with two attached hydrogens (primary N) is 1. The highest BCUT2D eigenvalue weighted by Crippen LogP contribution is 2.15. The number of carbonyl (C=O) groups is 1. The number of hydrogen-bond acceptors (Lipinski definition) is 8. The fraction of sp³-hybridized carbons (Fsp3) is 0.111. The SMILES string of the molecule is N=C(/C=C\N)OCc1nccnc1N1NNNC1=O. The van der Waals surface area contributed by atoms with E-state index in [1.807, 2.05) is 0 Å². The summed E-state index contributed by atoms with van der Waals surface area (Å²) >= 11 is 0. The van der Waals surface area contributed by atoms with E-state index in [4.69, 9.17) is 15.9 Å². The molecule has 1 aromatic heterocycles. The molecule has 1 saturated heterocycles. The third kappa shape index (κ3) is 2.94. The quantitative estimate of drug-likeness (QED) is 0.343. The van der Waals surface area contributed by atoms with Gasteiger partial charge in [0.15, 0.2) is 5.82 Å². The predicted molar refractivity (Wildman–Crippen MR) is 65.2 cm³/mol. The van der Waals surface area contributed by atoms with E-state index < -0.39 is 6.03 Å². The van der Waals surface area contributed by atoms with E-state index in [0.29, 0.717) is 5.69 Å². The lowest BCUT2D eigenvalue weighted by molar-refractivity contribution is 0.250. The second kappa shape index (κ2) is 5.75. The van der Waals surface area contributed by atoms with Crippen molar-refractivity contribution in [1.29, 1.82) is 5.41 Å². The van der Waals surface area contributed by atoms with Crippen LogP contribution in [0.25, 0.3) is 0 Å². The van der Waals surface area contributed by atoms with Crippen LogP contribution in [0, 0.1) is 5.41 Å². The van der Waals surface area contributed by atoms with Crippen LogP contribution in [0.15, 0.2) is 24.7 Å². The lowest BCUT2D eigenvalue weighted by Crippen LogP contribution is -2.39. The van der Waals surface area contributed by atoms with E-state index in [1.165, 1.54) is 24.7 Å². The minimum atomic E-state index is -0.432. The van der Waals surface area contributed by atoms with Crippen molar-refractivity contribution in [2.45, 2.75) is 6.61 Å². The molecule has 0 atom stereocenters. The first kappa shape index (κ1) is 12.7. The maximum Gasteiger partial charge on any atom is 0.354 e. The average Bonchev–Trinajstić information content (AvgIpc) is 2.83. The van der Waals surface area contributed by atoms with E-state index >= 15 is 0 Å². The van der Waals surface area contributed by atoms with Crippen molar-refractivity contribution in [3.05, 3.63) is 30.4 Å². The summed E-state index contributed by atoms with van der Waals surface area (Å²) in [5.41, 5.74) is 12.8. The monoisotopic (exact) mass is 264 g/mol. The number of anilines is 1. The van der Waals surface area contributed by atoms with Crippen LogP contribution in [-0.2, 0) is 11.3 Å². The van der Waals surface area contributed by atoms with Crippen LogP contribution in [0.5, 0.6) is 0 Å². The molecule has 1 fully saturated rings. The summed E-state index contributed by atoms with van der Waals surface area (Å²) in [5, 5.41) is 8.53. The first-order valence-corrected chi connectivity index (χ1v) is 5.22. The summed E-state index contributed by atoms with van der Waals surface area (Å²) in [5.74, 6) is 0.158. The molecule has 0 bridgehead atoms. The largest absolute Gasteiger partial charge is 0.471 e. The number of aromatic nitrogens is 2. The van der Waals surface area contributed by atoms with Gasteiger partial charge in [-0.2, -0.15) is 5.01 Å². The Morgan fingerprint density at radius 1 is 1.53 bits per heavy atom. The number of carbonyl (C=O) groups excluding carboxylic acids is 1. The van der Waals surface area contributed by atoms with Crippen LogP contribution in [0.2, 0.25) is 0 Å². The Morgan fingerprint density at radius 3 is 3.00 bits per heavy atom. The van der Waals surface area contributed by atoms with Crippen molar-refractivity contribution in [2.24, 2.45) is 5.73 Å². The molecule has 1 aliphatic rings. The van der Waals surface area contributed by atoms with Gasteiger partial charge >= 0.3 is 6.03 Å². The number of urea groups is 1. The van der Waals surface area contributed by atoms with Crippen LogP contribution in [0.3, 0.4) is 0 Å². The van der Waals surface area contributed by atoms with E-state index in [-0.39, 0.29) is 18.3 Å². The molecule has 10 nitrogen and oxygen atoms in total. The van der Waals surface area contributed by atoms with Gasteiger partial charge in [-0.1, -0.05) is 0 Å². The van der Waals surface area contributed by atoms with E-state index in [2.05, 4.69) is 26.5 Å². The van der Waals surface area contributed by atoms with Crippen LogP contribution in [0.4, 0.5) is 10.6 Å². The Hall–Kier alpha value is -2.72. The Bertz CT molecular complexity index is 517. The molecule has 100 valence electrons. The van der Waals surface area contributed by atoms with E-state index in [0.717, 1.165) is 5.01 Å². The lowest BCUT2D eigenvalue weighted by Gasteiger charge is -2.14. The van der Waals surface area contributed by atoms with Gasteiger partial charge in [-0.3, -0.25) is 15.8 Å². The van der Waals surface area contributed by atoms with Crippen molar-refractivity contribution in [1.82, 2.24) is 26.5 Å². The van der Waals surface area contributed by atoms with Gasteiger partial charge in [0, 0.05) is 18.5 Å². The molecular weight excluding hydrogens is 252 g/mol. The van der Waals surface area contributed by atoms with Crippen LogP contribution >= 0.6 is 0 Å². The van der Waals surface area contributed by atoms with Gasteiger partial charge in [-0.05, 0) is 6.20 Å². The summed E-state index contributed by atoms with van der Waals surface area (Å²) in [6.45, 7) is -0.0161. The number of nitrogens with one attached hydrogen (secondary N) is 4. The Kier molecular flexibility index (Phi) is 3.85. The predicted octanol–water partition coefficient (Wildman–Crippen LogP) is -1.10. The van der Waals surface area contributed by atoms with Crippen molar-refractivity contribution >= 4 is 17.7 Å². The highest BCUT2D eigenvalue weighted by molar-refractivity contribution is 5.91. The van der Waals surface area contributed by atoms with Gasteiger partial charge in [-0.15, -0.1) is 11.1 Å². The molecule has 10 heteroatoms. The lowest BCUT2D eigenvalue weighted by atomic mass is 10.4. The second-order valence-corrected chi connectivity index (χ2v) is 3.34. The van der Waals surface area contributed by atoms with Crippen LogP contribution in [-0.4, -0.2) is 21.9 Å². The molecule has 0 radical (unpaired) electrons. The molecule has 0 aromatic carbocycles. The third-order valence-electron chi connectivity index (χ3n) is 2.12. The number of nitrogens with zero attached hydrogens (tertiary/aromatic N) is 3. The summed E-state index contributed by atoms with van der Waals surface area (Å²) in [6, 6.07) is -0.432. The molecule has 1 aromatic rings. The zero-order valence-corrected chi connectivity index (χ0v) is 9.75. The molecule has 0 unspecified atom stereocenters. The zero-order valence-electron chi connectivity index (χ0n) is 9.75. The van der Waals surface area contributed by atoms with Gasteiger partial charge in [0.1, 0.15) is 12.3 Å². The molecule has 19 heavy (non-hydrogen) atoms. The molecule has 1 aliphatic heterocycles. The van der Waals surface area contributed by atoms with Gasteiger partial charge in [-0.25, -0.2) is 9.78 Å². The van der Waals surface area contributed by atoms with Gasteiger partial charge < -0.3 is 10.5 Å². The standard InChI is InChI=1S/C9H12N8O2/c10-2-1-7(11)19-5-6-8(13-4-3-12-6)17-9(18)14-15-16-17/h1-4,11,15-16H,5,10H2,(H,14,18)/b2-1-,11-7?. The second-order valence-electron chi connectivity index (χ2n) is 3.34. The molecule has 2 heterocycles. The van der Waals surface area contributed by atoms with Gasteiger partial charge in [0.05, 0.1) is 0 Å². The average molecular weight is 264 g/mol. The zero-order chi connectivity index (χ0) is 13.7.